The number of aryl methyl sites for hydroxylation is 1. The Hall–Kier alpha value is -1.81. The lowest BCUT2D eigenvalue weighted by Gasteiger charge is -2.30. The van der Waals surface area contributed by atoms with Gasteiger partial charge in [-0.3, -0.25) is 4.79 Å². The summed E-state index contributed by atoms with van der Waals surface area (Å²) < 4.78 is 1.91. The smallest absolute Gasteiger partial charge is 0.232 e. The summed E-state index contributed by atoms with van der Waals surface area (Å²) in [5.41, 5.74) is 0.154. The van der Waals surface area contributed by atoms with Gasteiger partial charge in [0.2, 0.25) is 5.91 Å². The molecule has 0 saturated heterocycles. The number of aromatic nitrogens is 2. The lowest BCUT2D eigenvalue weighted by atomic mass is 9.83. The van der Waals surface area contributed by atoms with E-state index in [1.54, 1.807) is 18.1 Å². The average molecular weight is 306 g/mol. The normalized spacial score (nSPS) is 11.5. The molecule has 0 bridgehead atoms. The first kappa shape index (κ1) is 15.6. The van der Waals surface area contributed by atoms with Crippen molar-refractivity contribution < 1.29 is 4.79 Å². The molecule has 0 fully saturated rings. The van der Waals surface area contributed by atoms with Crippen molar-refractivity contribution in [2.75, 3.05) is 7.05 Å². The topological polar surface area (TPSA) is 38.1 Å². The lowest BCUT2D eigenvalue weighted by Crippen LogP contribution is -2.41. The van der Waals surface area contributed by atoms with Gasteiger partial charge >= 0.3 is 0 Å². The summed E-state index contributed by atoms with van der Waals surface area (Å²) in [4.78, 5) is 18.7. The van der Waals surface area contributed by atoms with E-state index in [9.17, 15) is 4.79 Å². The number of rotatable bonds is 4. The molecule has 2 aromatic rings. The Bertz CT molecular complexity index is 648. The van der Waals surface area contributed by atoms with Crippen molar-refractivity contribution in [2.24, 2.45) is 7.05 Å². The molecule has 1 aromatic heterocycles. The standard InChI is InChI=1S/C16H20ClN3O/c1-16(2,12-7-5-6-8-13(12)17)15(21)20(4)11-14-18-9-10-19(14)3/h5-10H,11H2,1-4H3. The third-order valence-electron chi connectivity index (χ3n) is 3.73. The van der Waals surface area contributed by atoms with Crippen LogP contribution in [0.2, 0.25) is 5.02 Å². The van der Waals surface area contributed by atoms with Crippen LogP contribution in [0.4, 0.5) is 0 Å². The van der Waals surface area contributed by atoms with Gasteiger partial charge in [0.1, 0.15) is 5.82 Å². The van der Waals surface area contributed by atoms with Gasteiger partial charge in [0.25, 0.3) is 0 Å². The number of halogens is 1. The van der Waals surface area contributed by atoms with E-state index < -0.39 is 5.41 Å². The number of carbonyl (C=O) groups is 1. The van der Waals surface area contributed by atoms with Crippen LogP contribution in [0.3, 0.4) is 0 Å². The van der Waals surface area contributed by atoms with E-state index in [2.05, 4.69) is 4.98 Å². The van der Waals surface area contributed by atoms with Crippen LogP contribution in [0.5, 0.6) is 0 Å². The van der Waals surface area contributed by atoms with Crippen LogP contribution in [0.25, 0.3) is 0 Å². The van der Waals surface area contributed by atoms with Crippen molar-refractivity contribution in [1.29, 1.82) is 0 Å². The van der Waals surface area contributed by atoms with Gasteiger partial charge in [-0.15, -0.1) is 0 Å². The van der Waals surface area contributed by atoms with Gasteiger partial charge in [0.05, 0.1) is 12.0 Å². The highest BCUT2D eigenvalue weighted by Gasteiger charge is 2.34. The molecule has 0 saturated carbocycles. The maximum absolute atomic E-state index is 12.8. The van der Waals surface area contributed by atoms with Gasteiger partial charge in [-0.25, -0.2) is 4.98 Å². The van der Waals surface area contributed by atoms with E-state index in [0.717, 1.165) is 11.4 Å². The minimum atomic E-state index is -0.682. The Morgan fingerprint density at radius 2 is 2.05 bits per heavy atom. The first-order valence-electron chi connectivity index (χ1n) is 6.81. The molecule has 1 amide bonds. The number of amides is 1. The maximum atomic E-state index is 12.8. The number of carbonyl (C=O) groups excluding carboxylic acids is 1. The largest absolute Gasteiger partial charge is 0.338 e. The lowest BCUT2D eigenvalue weighted by molar-refractivity contribution is -0.135. The van der Waals surface area contributed by atoms with Gasteiger partial charge in [0, 0.05) is 31.5 Å². The second kappa shape index (κ2) is 5.90. The molecule has 4 nitrogen and oxygen atoms in total. The number of benzene rings is 1. The molecule has 0 aliphatic rings. The van der Waals surface area contributed by atoms with Crippen molar-refractivity contribution in [3.05, 3.63) is 53.1 Å². The zero-order chi connectivity index (χ0) is 15.6. The van der Waals surface area contributed by atoms with E-state index in [1.807, 2.05) is 55.9 Å². The molecule has 0 aliphatic carbocycles. The van der Waals surface area contributed by atoms with Crippen molar-refractivity contribution in [3.8, 4) is 0 Å². The molecular formula is C16H20ClN3O. The molecule has 1 aromatic carbocycles. The fourth-order valence-electron chi connectivity index (χ4n) is 2.39. The van der Waals surface area contributed by atoms with Gasteiger partial charge in [0.15, 0.2) is 0 Å². The molecule has 0 spiro atoms. The molecule has 0 unspecified atom stereocenters. The van der Waals surface area contributed by atoms with E-state index >= 15 is 0 Å². The Kier molecular flexibility index (Phi) is 4.37. The van der Waals surface area contributed by atoms with E-state index in [1.165, 1.54) is 0 Å². The minimum Gasteiger partial charge on any atom is -0.338 e. The number of imidazole rings is 1. The molecule has 0 atom stereocenters. The molecule has 112 valence electrons. The Morgan fingerprint density at radius 3 is 2.62 bits per heavy atom. The fraction of sp³-hybridized carbons (Fsp3) is 0.375. The van der Waals surface area contributed by atoms with Crippen LogP contribution in [0.15, 0.2) is 36.7 Å². The van der Waals surface area contributed by atoms with Gasteiger partial charge < -0.3 is 9.47 Å². The molecule has 5 heteroatoms. The van der Waals surface area contributed by atoms with Crippen molar-refractivity contribution >= 4 is 17.5 Å². The fourth-order valence-corrected chi connectivity index (χ4v) is 2.77. The van der Waals surface area contributed by atoms with Crippen molar-refractivity contribution in [3.63, 3.8) is 0 Å². The SMILES string of the molecule is CN(Cc1nccn1C)C(=O)C(C)(C)c1ccccc1Cl. The maximum Gasteiger partial charge on any atom is 0.232 e. The Morgan fingerprint density at radius 1 is 1.38 bits per heavy atom. The quantitative estimate of drug-likeness (QED) is 0.871. The molecule has 2 rings (SSSR count). The number of nitrogens with zero attached hydrogens (tertiary/aromatic N) is 3. The Balaban J connectivity index is 2.22. The van der Waals surface area contributed by atoms with Crippen LogP contribution in [0.1, 0.15) is 25.2 Å². The van der Waals surface area contributed by atoms with Gasteiger partial charge in [-0.2, -0.15) is 0 Å². The average Bonchev–Trinajstić information content (AvgIpc) is 2.83. The highest BCUT2D eigenvalue weighted by molar-refractivity contribution is 6.31. The molecule has 0 radical (unpaired) electrons. The monoisotopic (exact) mass is 305 g/mol. The first-order valence-corrected chi connectivity index (χ1v) is 7.18. The van der Waals surface area contributed by atoms with Crippen molar-refractivity contribution in [1.82, 2.24) is 14.5 Å². The van der Waals surface area contributed by atoms with Gasteiger partial charge in [-0.05, 0) is 25.5 Å². The summed E-state index contributed by atoms with van der Waals surface area (Å²) in [5, 5.41) is 0.612. The number of hydrogen-bond acceptors (Lipinski definition) is 2. The summed E-state index contributed by atoms with van der Waals surface area (Å²) in [7, 11) is 3.70. The Labute approximate surface area is 130 Å². The highest BCUT2D eigenvalue weighted by Crippen LogP contribution is 2.31. The summed E-state index contributed by atoms with van der Waals surface area (Å²) in [6, 6.07) is 7.47. The summed E-state index contributed by atoms with van der Waals surface area (Å²) in [6.45, 7) is 4.26. The zero-order valence-electron chi connectivity index (χ0n) is 12.8. The van der Waals surface area contributed by atoms with Crippen LogP contribution in [-0.4, -0.2) is 27.4 Å². The first-order chi connectivity index (χ1) is 9.84. The van der Waals surface area contributed by atoms with E-state index in [-0.39, 0.29) is 5.91 Å². The number of likely N-dealkylation sites (N-methyl/N-ethyl adjacent to an activating group) is 1. The summed E-state index contributed by atoms with van der Waals surface area (Å²) in [6.07, 6.45) is 3.60. The molecule has 0 N–H and O–H groups in total. The second-order valence-corrected chi connectivity index (χ2v) is 6.13. The summed E-state index contributed by atoms with van der Waals surface area (Å²) in [5.74, 6) is 0.861. The minimum absolute atomic E-state index is 0.0126. The van der Waals surface area contributed by atoms with E-state index in [0.29, 0.717) is 11.6 Å². The highest BCUT2D eigenvalue weighted by atomic mass is 35.5. The van der Waals surface area contributed by atoms with Gasteiger partial charge in [-0.1, -0.05) is 29.8 Å². The molecular weight excluding hydrogens is 286 g/mol. The molecule has 0 aliphatic heterocycles. The third-order valence-corrected chi connectivity index (χ3v) is 4.06. The van der Waals surface area contributed by atoms with Crippen LogP contribution >= 0.6 is 11.6 Å². The predicted molar refractivity (Wildman–Crippen MR) is 84.2 cm³/mol. The van der Waals surface area contributed by atoms with Crippen LogP contribution in [-0.2, 0) is 23.8 Å². The van der Waals surface area contributed by atoms with Crippen LogP contribution in [0, 0.1) is 0 Å². The second-order valence-electron chi connectivity index (χ2n) is 5.72. The molecule has 1 heterocycles. The van der Waals surface area contributed by atoms with Crippen LogP contribution < -0.4 is 0 Å². The third kappa shape index (κ3) is 3.10. The number of hydrogen-bond donors (Lipinski definition) is 0. The zero-order valence-corrected chi connectivity index (χ0v) is 13.6. The van der Waals surface area contributed by atoms with E-state index in [4.69, 9.17) is 11.6 Å². The predicted octanol–water partition coefficient (Wildman–Crippen LogP) is 3.01. The molecule has 21 heavy (non-hydrogen) atoms. The van der Waals surface area contributed by atoms with Crippen molar-refractivity contribution in [2.45, 2.75) is 25.8 Å². The summed E-state index contributed by atoms with van der Waals surface area (Å²) >= 11 is 6.24.